The summed E-state index contributed by atoms with van der Waals surface area (Å²) in [5.41, 5.74) is 1.11. The van der Waals surface area contributed by atoms with Crippen molar-refractivity contribution in [3.05, 3.63) is 27.7 Å². The highest BCUT2D eigenvalue weighted by Crippen LogP contribution is 2.35. The summed E-state index contributed by atoms with van der Waals surface area (Å²) in [5.74, 6) is 1.55. The van der Waals surface area contributed by atoms with Gasteiger partial charge in [-0.25, -0.2) is 0 Å². The van der Waals surface area contributed by atoms with Crippen molar-refractivity contribution in [3.8, 4) is 0 Å². The predicted molar refractivity (Wildman–Crippen MR) is 78.7 cm³/mol. The standard InChI is InChI=1S/C14H19BrClN/c1-9-6-7-10(2)13(8-9)17-12-5-3-4-11(16)14(12)15/h3-5,9-10,13,17H,6-8H2,1-2H3. The molecule has 1 aromatic rings. The van der Waals surface area contributed by atoms with Crippen LogP contribution < -0.4 is 5.32 Å². The topological polar surface area (TPSA) is 12.0 Å². The van der Waals surface area contributed by atoms with Crippen molar-refractivity contribution in [2.45, 2.75) is 39.2 Å². The highest BCUT2D eigenvalue weighted by molar-refractivity contribution is 9.10. The maximum Gasteiger partial charge on any atom is 0.0593 e. The van der Waals surface area contributed by atoms with E-state index in [-0.39, 0.29) is 0 Å². The lowest BCUT2D eigenvalue weighted by molar-refractivity contribution is 0.280. The molecule has 1 N–H and O–H groups in total. The third-order valence-corrected chi connectivity index (χ3v) is 5.15. The molecule has 0 aliphatic heterocycles. The number of benzene rings is 1. The molecule has 1 nitrogen and oxygen atoms in total. The molecule has 0 aromatic heterocycles. The van der Waals surface area contributed by atoms with Gasteiger partial charge in [-0.3, -0.25) is 0 Å². The van der Waals surface area contributed by atoms with Crippen molar-refractivity contribution < 1.29 is 0 Å². The summed E-state index contributed by atoms with van der Waals surface area (Å²) >= 11 is 9.66. The van der Waals surface area contributed by atoms with Crippen molar-refractivity contribution in [1.82, 2.24) is 0 Å². The largest absolute Gasteiger partial charge is 0.381 e. The van der Waals surface area contributed by atoms with Crippen LogP contribution in [0.25, 0.3) is 0 Å². The quantitative estimate of drug-likeness (QED) is 0.776. The van der Waals surface area contributed by atoms with Crippen molar-refractivity contribution in [2.75, 3.05) is 5.32 Å². The van der Waals surface area contributed by atoms with E-state index in [9.17, 15) is 0 Å². The summed E-state index contributed by atoms with van der Waals surface area (Å²) in [6.07, 6.45) is 3.92. The van der Waals surface area contributed by atoms with Gasteiger partial charge in [0, 0.05) is 6.04 Å². The Morgan fingerprint density at radius 2 is 2.06 bits per heavy atom. The minimum Gasteiger partial charge on any atom is -0.381 e. The summed E-state index contributed by atoms with van der Waals surface area (Å²) < 4.78 is 0.979. The molecule has 3 unspecified atom stereocenters. The first-order chi connectivity index (χ1) is 8.08. The second-order valence-corrected chi connectivity index (χ2v) is 6.45. The fraction of sp³-hybridized carbons (Fsp3) is 0.571. The van der Waals surface area contributed by atoms with Crippen molar-refractivity contribution in [1.29, 1.82) is 0 Å². The number of halogens is 2. The molecule has 0 spiro atoms. The van der Waals surface area contributed by atoms with Gasteiger partial charge in [-0.2, -0.15) is 0 Å². The molecule has 0 radical (unpaired) electrons. The summed E-state index contributed by atoms with van der Waals surface area (Å²) in [6.45, 7) is 4.68. The normalized spacial score (nSPS) is 29.1. The maximum absolute atomic E-state index is 6.11. The number of rotatable bonds is 2. The van der Waals surface area contributed by atoms with Crippen LogP contribution in [0.15, 0.2) is 22.7 Å². The Bertz CT molecular complexity index is 394. The zero-order valence-corrected chi connectivity index (χ0v) is 12.7. The first-order valence-corrected chi connectivity index (χ1v) is 7.45. The van der Waals surface area contributed by atoms with Gasteiger partial charge in [0.25, 0.3) is 0 Å². The first-order valence-electron chi connectivity index (χ1n) is 6.28. The monoisotopic (exact) mass is 315 g/mol. The summed E-state index contributed by atoms with van der Waals surface area (Å²) in [5, 5.41) is 4.41. The summed E-state index contributed by atoms with van der Waals surface area (Å²) in [6, 6.07) is 6.55. The van der Waals surface area contributed by atoms with Crippen LogP contribution in [0.5, 0.6) is 0 Å². The van der Waals surface area contributed by atoms with E-state index in [1.54, 1.807) is 0 Å². The van der Waals surface area contributed by atoms with Gasteiger partial charge in [0.15, 0.2) is 0 Å². The number of nitrogens with one attached hydrogen (secondary N) is 1. The van der Waals surface area contributed by atoms with E-state index >= 15 is 0 Å². The van der Waals surface area contributed by atoms with E-state index < -0.39 is 0 Å². The summed E-state index contributed by atoms with van der Waals surface area (Å²) in [4.78, 5) is 0. The molecular weight excluding hydrogens is 298 g/mol. The van der Waals surface area contributed by atoms with Gasteiger partial charge in [-0.05, 0) is 52.7 Å². The highest BCUT2D eigenvalue weighted by Gasteiger charge is 2.25. The second kappa shape index (κ2) is 5.62. The Morgan fingerprint density at radius 1 is 1.29 bits per heavy atom. The van der Waals surface area contributed by atoms with E-state index in [0.717, 1.165) is 27.0 Å². The van der Waals surface area contributed by atoms with E-state index in [1.165, 1.54) is 19.3 Å². The van der Waals surface area contributed by atoms with Crippen LogP contribution >= 0.6 is 27.5 Å². The second-order valence-electron chi connectivity index (χ2n) is 5.25. The molecule has 94 valence electrons. The fourth-order valence-corrected chi connectivity index (χ4v) is 3.10. The molecular formula is C14H19BrClN. The smallest absolute Gasteiger partial charge is 0.0593 e. The van der Waals surface area contributed by atoms with Crippen LogP contribution in [0.4, 0.5) is 5.69 Å². The van der Waals surface area contributed by atoms with Crippen molar-refractivity contribution in [3.63, 3.8) is 0 Å². The molecule has 1 saturated carbocycles. The molecule has 1 aliphatic rings. The average molecular weight is 317 g/mol. The van der Waals surface area contributed by atoms with Crippen molar-refractivity contribution >= 4 is 33.2 Å². The fourth-order valence-electron chi connectivity index (χ4n) is 2.55. The lowest BCUT2D eigenvalue weighted by atomic mass is 9.80. The first kappa shape index (κ1) is 13.2. The third kappa shape index (κ3) is 3.17. The molecule has 3 heteroatoms. The lowest BCUT2D eigenvalue weighted by Gasteiger charge is -2.34. The molecule has 1 fully saturated rings. The maximum atomic E-state index is 6.11. The Labute approximate surface area is 117 Å². The molecule has 0 bridgehead atoms. The van der Waals surface area contributed by atoms with Crippen LogP contribution in [0.3, 0.4) is 0 Å². The average Bonchev–Trinajstić information content (AvgIpc) is 2.30. The SMILES string of the molecule is CC1CCC(C)C(Nc2cccc(Cl)c2Br)C1. The Balaban J connectivity index is 2.11. The zero-order chi connectivity index (χ0) is 12.4. The molecule has 0 saturated heterocycles. The van der Waals surface area contributed by atoms with Gasteiger partial charge in [0.05, 0.1) is 15.2 Å². The van der Waals surface area contributed by atoms with Gasteiger partial charge in [-0.1, -0.05) is 37.9 Å². The van der Waals surface area contributed by atoms with Gasteiger partial charge in [0.2, 0.25) is 0 Å². The zero-order valence-electron chi connectivity index (χ0n) is 10.3. The minimum atomic E-state index is 0.563. The Hall–Kier alpha value is -0.210. The molecule has 0 heterocycles. The van der Waals surface area contributed by atoms with Crippen LogP contribution in [-0.4, -0.2) is 6.04 Å². The van der Waals surface area contributed by atoms with E-state index in [1.807, 2.05) is 12.1 Å². The number of hydrogen-bond acceptors (Lipinski definition) is 1. The predicted octanol–water partition coefficient (Wildman–Crippen LogP) is 5.34. The van der Waals surface area contributed by atoms with Crippen LogP contribution in [-0.2, 0) is 0 Å². The Kier molecular flexibility index (Phi) is 4.37. The van der Waals surface area contributed by atoms with E-state index in [2.05, 4.69) is 41.2 Å². The third-order valence-electron chi connectivity index (χ3n) is 3.75. The Morgan fingerprint density at radius 3 is 2.82 bits per heavy atom. The molecule has 17 heavy (non-hydrogen) atoms. The van der Waals surface area contributed by atoms with Gasteiger partial charge < -0.3 is 5.32 Å². The van der Waals surface area contributed by atoms with Crippen molar-refractivity contribution in [2.24, 2.45) is 11.8 Å². The van der Waals surface area contributed by atoms with E-state index in [0.29, 0.717) is 6.04 Å². The molecule has 1 aromatic carbocycles. The molecule has 2 rings (SSSR count). The van der Waals surface area contributed by atoms with Crippen LogP contribution in [0.1, 0.15) is 33.1 Å². The number of anilines is 1. The van der Waals surface area contributed by atoms with Gasteiger partial charge in [0.1, 0.15) is 0 Å². The lowest BCUT2D eigenvalue weighted by Crippen LogP contribution is -2.33. The molecule has 3 atom stereocenters. The molecule has 0 amide bonds. The van der Waals surface area contributed by atoms with Crippen LogP contribution in [0, 0.1) is 11.8 Å². The highest BCUT2D eigenvalue weighted by atomic mass is 79.9. The summed E-state index contributed by atoms with van der Waals surface area (Å²) in [7, 11) is 0. The van der Waals surface area contributed by atoms with Gasteiger partial charge in [-0.15, -0.1) is 0 Å². The minimum absolute atomic E-state index is 0.563. The van der Waals surface area contributed by atoms with E-state index in [4.69, 9.17) is 11.6 Å². The van der Waals surface area contributed by atoms with Gasteiger partial charge >= 0.3 is 0 Å². The molecule has 1 aliphatic carbocycles. The van der Waals surface area contributed by atoms with Crippen LogP contribution in [0.2, 0.25) is 5.02 Å². The number of hydrogen-bond donors (Lipinski definition) is 1.